The number of imide groups is 1. The molecule has 0 aromatic heterocycles. The summed E-state index contributed by atoms with van der Waals surface area (Å²) in [7, 11) is 0. The average Bonchev–Trinajstić information content (AvgIpc) is 1.91. The molecule has 3 heteroatoms. The summed E-state index contributed by atoms with van der Waals surface area (Å²) in [5, 5.41) is 0. The van der Waals surface area contributed by atoms with Gasteiger partial charge in [-0.1, -0.05) is 6.08 Å². The second-order valence-electron chi connectivity index (χ2n) is 1.53. The molecule has 0 spiro atoms. The lowest BCUT2D eigenvalue weighted by atomic mass is 10.4. The fourth-order valence-electron chi connectivity index (χ4n) is 0.371. The van der Waals surface area contributed by atoms with Crippen LogP contribution in [0.3, 0.4) is 0 Å². The first-order chi connectivity index (χ1) is 4.35. The standard InChI is InChI=1S/C6H9NO2/c1-2-3-4-7(5-8)6-9/h2,5-6H,1,3-4H2. The van der Waals surface area contributed by atoms with Crippen molar-refractivity contribution in [3.8, 4) is 0 Å². The van der Waals surface area contributed by atoms with Gasteiger partial charge in [-0.3, -0.25) is 14.5 Å². The van der Waals surface area contributed by atoms with Crippen molar-refractivity contribution in [2.75, 3.05) is 6.54 Å². The highest BCUT2D eigenvalue weighted by molar-refractivity contribution is 5.68. The molecular weight excluding hydrogens is 118 g/mol. The third-order valence-corrected chi connectivity index (χ3v) is 0.862. The van der Waals surface area contributed by atoms with Gasteiger partial charge in [-0.25, -0.2) is 0 Å². The monoisotopic (exact) mass is 127 g/mol. The van der Waals surface area contributed by atoms with Gasteiger partial charge in [-0.05, 0) is 6.42 Å². The maximum absolute atomic E-state index is 9.90. The Balaban J connectivity index is 3.41. The van der Waals surface area contributed by atoms with Crippen molar-refractivity contribution in [1.29, 1.82) is 0 Å². The third kappa shape index (κ3) is 3.46. The smallest absolute Gasteiger partial charge is 0.216 e. The number of hydrogen-bond acceptors (Lipinski definition) is 2. The molecule has 0 unspecified atom stereocenters. The molecule has 0 saturated heterocycles. The largest absolute Gasteiger partial charge is 0.288 e. The minimum atomic E-state index is 0.427. The van der Waals surface area contributed by atoms with Crippen molar-refractivity contribution in [1.82, 2.24) is 4.90 Å². The Morgan fingerprint density at radius 3 is 2.22 bits per heavy atom. The zero-order valence-corrected chi connectivity index (χ0v) is 5.12. The van der Waals surface area contributed by atoms with E-state index in [1.807, 2.05) is 0 Å². The van der Waals surface area contributed by atoms with E-state index in [4.69, 9.17) is 0 Å². The van der Waals surface area contributed by atoms with Crippen molar-refractivity contribution in [3.05, 3.63) is 12.7 Å². The van der Waals surface area contributed by atoms with Crippen molar-refractivity contribution in [2.24, 2.45) is 0 Å². The lowest BCUT2D eigenvalue weighted by Crippen LogP contribution is -2.20. The first-order valence-corrected chi connectivity index (χ1v) is 2.62. The quantitative estimate of drug-likeness (QED) is 0.390. The molecule has 0 aliphatic carbocycles. The molecule has 0 aliphatic heterocycles. The van der Waals surface area contributed by atoms with E-state index < -0.39 is 0 Å². The van der Waals surface area contributed by atoms with Gasteiger partial charge in [0.2, 0.25) is 12.8 Å². The Kier molecular flexibility index (Phi) is 4.40. The van der Waals surface area contributed by atoms with E-state index in [1.165, 1.54) is 0 Å². The Bertz CT molecular complexity index is 104. The van der Waals surface area contributed by atoms with Crippen LogP contribution in [0, 0.1) is 0 Å². The Labute approximate surface area is 54.0 Å². The molecule has 0 rings (SSSR count). The maximum Gasteiger partial charge on any atom is 0.216 e. The minimum Gasteiger partial charge on any atom is -0.288 e. The second kappa shape index (κ2) is 5.03. The van der Waals surface area contributed by atoms with E-state index in [-0.39, 0.29) is 0 Å². The lowest BCUT2D eigenvalue weighted by molar-refractivity contribution is -0.129. The fourth-order valence-corrected chi connectivity index (χ4v) is 0.371. The molecule has 0 bridgehead atoms. The second-order valence-corrected chi connectivity index (χ2v) is 1.53. The molecule has 0 aromatic carbocycles. The summed E-state index contributed by atoms with van der Waals surface area (Å²) in [5.74, 6) is 0. The minimum absolute atomic E-state index is 0.427. The summed E-state index contributed by atoms with van der Waals surface area (Å²) < 4.78 is 0. The number of hydrogen-bond donors (Lipinski definition) is 0. The summed E-state index contributed by atoms with van der Waals surface area (Å²) in [6.07, 6.45) is 3.30. The van der Waals surface area contributed by atoms with Crippen molar-refractivity contribution in [3.63, 3.8) is 0 Å². The molecule has 9 heavy (non-hydrogen) atoms. The molecule has 0 aliphatic rings. The first-order valence-electron chi connectivity index (χ1n) is 2.62. The van der Waals surface area contributed by atoms with Crippen LogP contribution in [0.25, 0.3) is 0 Å². The number of nitrogens with zero attached hydrogens (tertiary/aromatic N) is 1. The lowest BCUT2D eigenvalue weighted by Gasteiger charge is -2.04. The van der Waals surface area contributed by atoms with Crippen LogP contribution in [0.4, 0.5) is 0 Å². The van der Waals surface area contributed by atoms with E-state index in [9.17, 15) is 9.59 Å². The van der Waals surface area contributed by atoms with Gasteiger partial charge >= 0.3 is 0 Å². The molecule has 0 heterocycles. The molecule has 50 valence electrons. The molecule has 0 N–H and O–H groups in total. The van der Waals surface area contributed by atoms with Gasteiger partial charge in [0.25, 0.3) is 0 Å². The van der Waals surface area contributed by atoms with Crippen molar-refractivity contribution in [2.45, 2.75) is 6.42 Å². The van der Waals surface area contributed by atoms with E-state index in [1.54, 1.807) is 6.08 Å². The van der Waals surface area contributed by atoms with Gasteiger partial charge in [0.1, 0.15) is 0 Å². The van der Waals surface area contributed by atoms with Gasteiger partial charge in [-0.2, -0.15) is 0 Å². The van der Waals surface area contributed by atoms with E-state index in [2.05, 4.69) is 6.58 Å². The highest BCUT2D eigenvalue weighted by Gasteiger charge is 1.93. The van der Waals surface area contributed by atoms with Gasteiger partial charge in [-0.15, -0.1) is 6.58 Å². The van der Waals surface area contributed by atoms with Crippen LogP contribution < -0.4 is 0 Å². The summed E-state index contributed by atoms with van der Waals surface area (Å²) in [5.41, 5.74) is 0. The average molecular weight is 127 g/mol. The van der Waals surface area contributed by atoms with Gasteiger partial charge in [0, 0.05) is 6.54 Å². The van der Waals surface area contributed by atoms with Crippen molar-refractivity contribution >= 4 is 12.8 Å². The molecule has 0 atom stereocenters. The maximum atomic E-state index is 9.90. The fraction of sp³-hybridized carbons (Fsp3) is 0.333. The van der Waals surface area contributed by atoms with Gasteiger partial charge in [0.15, 0.2) is 0 Å². The number of rotatable bonds is 5. The Morgan fingerprint density at radius 1 is 1.33 bits per heavy atom. The SMILES string of the molecule is C=CCCN(C=O)C=O. The zero-order valence-electron chi connectivity index (χ0n) is 5.12. The molecule has 2 amide bonds. The molecule has 0 saturated carbocycles. The molecule has 0 aromatic rings. The van der Waals surface area contributed by atoms with Crippen LogP contribution in [0.5, 0.6) is 0 Å². The summed E-state index contributed by atoms with van der Waals surface area (Å²) in [4.78, 5) is 20.8. The van der Waals surface area contributed by atoms with Crippen LogP contribution in [0.15, 0.2) is 12.7 Å². The molecule has 0 radical (unpaired) electrons. The number of carbonyl (C=O) groups excluding carboxylic acids is 2. The summed E-state index contributed by atoms with van der Waals surface area (Å²) in [6.45, 7) is 3.87. The Hall–Kier alpha value is -1.12. The van der Waals surface area contributed by atoms with Crippen LogP contribution in [0.2, 0.25) is 0 Å². The van der Waals surface area contributed by atoms with Crippen LogP contribution in [-0.2, 0) is 9.59 Å². The van der Waals surface area contributed by atoms with Gasteiger partial charge in [0.05, 0.1) is 0 Å². The summed E-state index contributed by atoms with van der Waals surface area (Å²) >= 11 is 0. The predicted octanol–water partition coefficient (Wildman–Crippen LogP) is 0.177. The predicted molar refractivity (Wildman–Crippen MR) is 33.6 cm³/mol. The topological polar surface area (TPSA) is 37.4 Å². The van der Waals surface area contributed by atoms with E-state index in [0.29, 0.717) is 25.8 Å². The molecular formula is C6H9NO2. The van der Waals surface area contributed by atoms with Crippen LogP contribution in [-0.4, -0.2) is 24.3 Å². The number of amides is 2. The highest BCUT2D eigenvalue weighted by atomic mass is 16.2. The van der Waals surface area contributed by atoms with Gasteiger partial charge < -0.3 is 0 Å². The van der Waals surface area contributed by atoms with E-state index >= 15 is 0 Å². The molecule has 0 fully saturated rings. The third-order valence-electron chi connectivity index (χ3n) is 0.862. The first kappa shape index (κ1) is 7.88. The van der Waals surface area contributed by atoms with Crippen LogP contribution in [0.1, 0.15) is 6.42 Å². The Morgan fingerprint density at radius 2 is 1.89 bits per heavy atom. The van der Waals surface area contributed by atoms with Crippen LogP contribution >= 0.6 is 0 Å². The normalized spacial score (nSPS) is 8.00. The summed E-state index contributed by atoms with van der Waals surface area (Å²) in [6, 6.07) is 0. The highest BCUT2D eigenvalue weighted by Crippen LogP contribution is 1.82. The van der Waals surface area contributed by atoms with E-state index in [0.717, 1.165) is 4.90 Å². The van der Waals surface area contributed by atoms with Crippen molar-refractivity contribution < 1.29 is 9.59 Å². The number of carbonyl (C=O) groups is 2. The zero-order chi connectivity index (χ0) is 7.11. The molecule has 3 nitrogen and oxygen atoms in total.